The van der Waals surface area contributed by atoms with Crippen LogP contribution in [0, 0.1) is 3.57 Å². The summed E-state index contributed by atoms with van der Waals surface area (Å²) in [5.74, 6) is 0.976. The lowest BCUT2D eigenvalue weighted by Crippen LogP contribution is -2.20. The van der Waals surface area contributed by atoms with Crippen LogP contribution in [0.5, 0.6) is 5.75 Å². The van der Waals surface area contributed by atoms with Crippen molar-refractivity contribution >= 4 is 34.3 Å². The second-order valence-electron chi connectivity index (χ2n) is 5.97. The van der Waals surface area contributed by atoms with Crippen LogP contribution < -0.4 is 10.1 Å². The van der Waals surface area contributed by atoms with Gasteiger partial charge in [0.1, 0.15) is 11.6 Å². The number of rotatable bonds is 4. The summed E-state index contributed by atoms with van der Waals surface area (Å²) in [6.45, 7) is 6.43. The lowest BCUT2D eigenvalue weighted by atomic mass is 9.87. The van der Waals surface area contributed by atoms with E-state index in [9.17, 15) is 4.79 Å². The first-order valence-corrected chi connectivity index (χ1v) is 8.07. The summed E-state index contributed by atoms with van der Waals surface area (Å²) < 4.78 is 6.51. The third kappa shape index (κ3) is 4.98. The van der Waals surface area contributed by atoms with Crippen LogP contribution in [0.25, 0.3) is 0 Å². The molecule has 0 radical (unpaired) electrons. The quantitative estimate of drug-likeness (QED) is 0.776. The smallest absolute Gasteiger partial charge is 0.263 e. The van der Waals surface area contributed by atoms with Crippen LogP contribution in [0.1, 0.15) is 26.3 Å². The van der Waals surface area contributed by atoms with Crippen molar-refractivity contribution in [3.63, 3.8) is 0 Å². The predicted octanol–water partition coefficient (Wildman–Crippen LogP) is 4.00. The first-order valence-electron chi connectivity index (χ1n) is 6.99. The van der Waals surface area contributed by atoms with Gasteiger partial charge >= 0.3 is 0 Å². The highest BCUT2D eigenvalue weighted by atomic mass is 127. The van der Waals surface area contributed by atoms with Gasteiger partial charge in [-0.15, -0.1) is 0 Å². The Morgan fingerprint density at radius 3 is 2.41 bits per heavy atom. The Labute approximate surface area is 144 Å². The van der Waals surface area contributed by atoms with E-state index in [-0.39, 0.29) is 17.9 Å². The maximum Gasteiger partial charge on any atom is 0.263 e. The van der Waals surface area contributed by atoms with Gasteiger partial charge in [-0.2, -0.15) is 0 Å². The number of halogens is 1. The molecule has 0 aliphatic carbocycles. The highest BCUT2D eigenvalue weighted by molar-refractivity contribution is 14.1. The Hall–Kier alpha value is -1.63. The summed E-state index contributed by atoms with van der Waals surface area (Å²) in [6.07, 6.45) is 1.70. The minimum absolute atomic E-state index is 0.0392. The third-order valence-corrected chi connectivity index (χ3v) is 3.72. The highest BCUT2D eigenvalue weighted by Gasteiger charge is 2.13. The number of nitrogens with zero attached hydrogens (tertiary/aromatic N) is 1. The molecule has 22 heavy (non-hydrogen) atoms. The number of aromatic nitrogens is 1. The van der Waals surface area contributed by atoms with Crippen molar-refractivity contribution in [2.45, 2.75) is 26.2 Å². The summed E-state index contributed by atoms with van der Waals surface area (Å²) in [5.41, 5.74) is 1.33. The van der Waals surface area contributed by atoms with E-state index in [1.54, 1.807) is 12.3 Å². The molecule has 0 aliphatic rings. The third-order valence-electron chi connectivity index (χ3n) is 3.09. The fraction of sp³-hybridized carbons (Fsp3) is 0.294. The summed E-state index contributed by atoms with van der Waals surface area (Å²) in [7, 11) is 0. The number of ether oxygens (including phenoxy) is 1. The summed E-state index contributed by atoms with van der Waals surface area (Å²) >= 11 is 2.16. The number of anilines is 1. The maximum absolute atomic E-state index is 11.8. The van der Waals surface area contributed by atoms with Crippen LogP contribution >= 0.6 is 22.6 Å². The van der Waals surface area contributed by atoms with Crippen LogP contribution in [-0.4, -0.2) is 17.5 Å². The normalized spacial score (nSPS) is 11.1. The van der Waals surface area contributed by atoms with E-state index in [1.165, 1.54) is 5.56 Å². The minimum Gasteiger partial charge on any atom is -0.484 e. The average molecular weight is 410 g/mol. The highest BCUT2D eigenvalue weighted by Crippen LogP contribution is 2.24. The molecule has 1 heterocycles. The molecule has 0 saturated carbocycles. The maximum atomic E-state index is 11.8. The largest absolute Gasteiger partial charge is 0.484 e. The van der Waals surface area contributed by atoms with Gasteiger partial charge in [-0.3, -0.25) is 4.79 Å². The molecule has 116 valence electrons. The van der Waals surface area contributed by atoms with Gasteiger partial charge in [-0.1, -0.05) is 32.9 Å². The Morgan fingerprint density at radius 1 is 1.18 bits per heavy atom. The van der Waals surface area contributed by atoms with Gasteiger partial charge in [0.05, 0.1) is 0 Å². The Balaban J connectivity index is 1.87. The van der Waals surface area contributed by atoms with Crippen molar-refractivity contribution in [3.8, 4) is 5.75 Å². The molecule has 0 saturated heterocycles. The van der Waals surface area contributed by atoms with Crippen molar-refractivity contribution < 1.29 is 9.53 Å². The molecule has 5 heteroatoms. The number of benzene rings is 1. The fourth-order valence-corrected chi connectivity index (χ4v) is 2.15. The zero-order valence-corrected chi connectivity index (χ0v) is 15.0. The number of amides is 1. The van der Waals surface area contributed by atoms with E-state index in [4.69, 9.17) is 4.74 Å². The van der Waals surface area contributed by atoms with Gasteiger partial charge < -0.3 is 10.1 Å². The summed E-state index contributed by atoms with van der Waals surface area (Å²) in [5, 5.41) is 2.70. The lowest BCUT2D eigenvalue weighted by molar-refractivity contribution is -0.118. The number of hydrogen-bond acceptors (Lipinski definition) is 3. The zero-order valence-electron chi connectivity index (χ0n) is 12.9. The van der Waals surface area contributed by atoms with E-state index in [2.05, 4.69) is 53.7 Å². The van der Waals surface area contributed by atoms with E-state index in [0.29, 0.717) is 11.6 Å². The number of hydrogen-bond donors (Lipinski definition) is 1. The number of carbonyl (C=O) groups excluding carboxylic acids is 1. The number of pyridine rings is 1. The Bertz CT molecular complexity index is 631. The summed E-state index contributed by atoms with van der Waals surface area (Å²) in [4.78, 5) is 15.9. The van der Waals surface area contributed by atoms with Crippen molar-refractivity contribution in [1.82, 2.24) is 4.98 Å². The molecule has 2 aromatic rings. The van der Waals surface area contributed by atoms with Gasteiger partial charge in [-0.05, 0) is 57.8 Å². The summed E-state index contributed by atoms with van der Waals surface area (Å²) in [6, 6.07) is 11.5. The van der Waals surface area contributed by atoms with Gasteiger partial charge in [-0.25, -0.2) is 4.98 Å². The van der Waals surface area contributed by atoms with Crippen molar-refractivity contribution in [1.29, 1.82) is 0 Å². The first-order chi connectivity index (χ1) is 10.3. The number of carbonyl (C=O) groups is 1. The van der Waals surface area contributed by atoms with Crippen molar-refractivity contribution in [2.24, 2.45) is 0 Å². The zero-order chi connectivity index (χ0) is 16.2. The monoisotopic (exact) mass is 410 g/mol. The molecule has 1 aromatic carbocycles. The van der Waals surface area contributed by atoms with Crippen LogP contribution in [0.15, 0.2) is 42.6 Å². The molecule has 0 unspecified atom stereocenters. The molecule has 0 atom stereocenters. The molecule has 0 bridgehead atoms. The molecule has 1 N–H and O–H groups in total. The molecule has 1 aromatic heterocycles. The van der Waals surface area contributed by atoms with Crippen LogP contribution in [0.2, 0.25) is 0 Å². The molecular formula is C17H19IN2O2. The van der Waals surface area contributed by atoms with Crippen molar-refractivity contribution in [3.05, 3.63) is 51.7 Å². The lowest BCUT2D eigenvalue weighted by Gasteiger charge is -2.19. The molecular weight excluding hydrogens is 391 g/mol. The minimum atomic E-state index is -0.228. The molecule has 2 rings (SSSR count). The second kappa shape index (κ2) is 7.09. The molecule has 4 nitrogen and oxygen atoms in total. The van der Waals surface area contributed by atoms with E-state index in [1.807, 2.05) is 30.3 Å². The Kier molecular flexibility index (Phi) is 5.39. The van der Waals surface area contributed by atoms with E-state index in [0.717, 1.165) is 3.57 Å². The van der Waals surface area contributed by atoms with Crippen LogP contribution in [0.3, 0.4) is 0 Å². The van der Waals surface area contributed by atoms with Gasteiger partial charge in [0.2, 0.25) is 0 Å². The molecule has 0 fully saturated rings. The van der Waals surface area contributed by atoms with Gasteiger partial charge in [0.15, 0.2) is 6.61 Å². The average Bonchev–Trinajstić information content (AvgIpc) is 2.47. The standard InChI is InChI=1S/C17H19IN2O2/c1-17(2,3)12-4-7-14(8-5-12)22-11-16(21)20-15-9-6-13(18)10-19-15/h4-10H,11H2,1-3H3,(H,19,20,21). The predicted molar refractivity (Wildman–Crippen MR) is 96.2 cm³/mol. The van der Waals surface area contributed by atoms with E-state index >= 15 is 0 Å². The number of nitrogens with one attached hydrogen (secondary N) is 1. The van der Waals surface area contributed by atoms with Gasteiger partial charge in [0.25, 0.3) is 5.91 Å². The molecule has 1 amide bonds. The van der Waals surface area contributed by atoms with Gasteiger partial charge in [0, 0.05) is 9.77 Å². The van der Waals surface area contributed by atoms with Crippen LogP contribution in [-0.2, 0) is 10.2 Å². The molecule has 0 spiro atoms. The SMILES string of the molecule is CC(C)(C)c1ccc(OCC(=O)Nc2ccc(I)cn2)cc1. The molecule has 0 aliphatic heterocycles. The van der Waals surface area contributed by atoms with E-state index < -0.39 is 0 Å². The topological polar surface area (TPSA) is 51.2 Å². The Morgan fingerprint density at radius 2 is 1.86 bits per heavy atom. The second-order valence-corrected chi connectivity index (χ2v) is 7.22. The fourth-order valence-electron chi connectivity index (χ4n) is 1.83. The first kappa shape index (κ1) is 16.7. The van der Waals surface area contributed by atoms with Crippen molar-refractivity contribution in [2.75, 3.05) is 11.9 Å². The van der Waals surface area contributed by atoms with Crippen LogP contribution in [0.4, 0.5) is 5.82 Å².